The summed E-state index contributed by atoms with van der Waals surface area (Å²) in [6.45, 7) is 3.09. The van der Waals surface area contributed by atoms with Crippen LogP contribution in [0.4, 0.5) is 14.9 Å². The lowest BCUT2D eigenvalue weighted by Crippen LogP contribution is -2.46. The predicted octanol–water partition coefficient (Wildman–Crippen LogP) is 5.37. The number of benzene rings is 3. The van der Waals surface area contributed by atoms with Crippen molar-refractivity contribution in [3.05, 3.63) is 102 Å². The molecule has 0 fully saturated rings. The van der Waals surface area contributed by atoms with E-state index in [2.05, 4.69) is 16.4 Å². The van der Waals surface area contributed by atoms with Gasteiger partial charge in [0.05, 0.1) is 6.61 Å². The van der Waals surface area contributed by atoms with Crippen LogP contribution in [0.2, 0.25) is 0 Å². The van der Waals surface area contributed by atoms with Crippen LogP contribution < -0.4 is 5.32 Å². The highest BCUT2D eigenvalue weighted by Crippen LogP contribution is 2.19. The monoisotopic (exact) mass is 516 g/mol. The van der Waals surface area contributed by atoms with Gasteiger partial charge >= 0.3 is 6.03 Å². The van der Waals surface area contributed by atoms with E-state index in [1.54, 1.807) is 24.1 Å². The molecule has 0 saturated carbocycles. The second-order valence-electron chi connectivity index (χ2n) is 9.21. The minimum absolute atomic E-state index is 0.115. The second-order valence-corrected chi connectivity index (χ2v) is 9.21. The van der Waals surface area contributed by atoms with E-state index < -0.39 is 0 Å². The van der Waals surface area contributed by atoms with Gasteiger partial charge in [-0.3, -0.25) is 4.79 Å². The third-order valence-electron chi connectivity index (χ3n) is 6.53. The van der Waals surface area contributed by atoms with Gasteiger partial charge in [-0.1, -0.05) is 48.5 Å². The number of para-hydroxylation sites is 2. The molecule has 8 heteroatoms. The highest BCUT2D eigenvalue weighted by Gasteiger charge is 2.22. The van der Waals surface area contributed by atoms with Crippen LogP contribution in [0.25, 0.3) is 10.9 Å². The molecule has 0 aliphatic rings. The van der Waals surface area contributed by atoms with Crippen LogP contribution in [-0.2, 0) is 22.5 Å². The number of amides is 3. The van der Waals surface area contributed by atoms with E-state index in [9.17, 15) is 14.0 Å². The molecule has 0 bridgehead atoms. The van der Waals surface area contributed by atoms with Crippen LogP contribution in [-0.4, -0.2) is 60.1 Å². The molecule has 1 heterocycles. The molecule has 7 nitrogen and oxygen atoms in total. The van der Waals surface area contributed by atoms with E-state index in [-0.39, 0.29) is 30.8 Å². The van der Waals surface area contributed by atoms with Crippen LogP contribution in [0.5, 0.6) is 0 Å². The molecular formula is C30H33FN4O3. The molecule has 198 valence electrons. The van der Waals surface area contributed by atoms with Crippen LogP contribution in [0, 0.1) is 12.7 Å². The Morgan fingerprint density at radius 2 is 1.68 bits per heavy atom. The Bertz CT molecular complexity index is 1370. The molecule has 0 aliphatic heterocycles. The van der Waals surface area contributed by atoms with Crippen molar-refractivity contribution in [2.45, 2.75) is 19.9 Å². The number of H-pyrrole nitrogens is 1. The van der Waals surface area contributed by atoms with Crippen molar-refractivity contribution < 1.29 is 18.7 Å². The number of methoxy groups -OCH3 is 1. The topological polar surface area (TPSA) is 77.7 Å². The quantitative estimate of drug-likeness (QED) is 0.282. The summed E-state index contributed by atoms with van der Waals surface area (Å²) in [5, 5.41) is 4.02. The second kappa shape index (κ2) is 12.9. The first-order chi connectivity index (χ1) is 18.4. The molecule has 3 amide bonds. The Morgan fingerprint density at radius 3 is 2.45 bits per heavy atom. The number of aromatic nitrogens is 1. The first-order valence-corrected chi connectivity index (χ1v) is 12.6. The Kier molecular flexibility index (Phi) is 9.11. The normalized spacial score (nSPS) is 10.9. The first kappa shape index (κ1) is 26.9. The van der Waals surface area contributed by atoms with Crippen molar-refractivity contribution in [1.29, 1.82) is 0 Å². The standard InChI is InChI=1S/C30H33FN4O3/c1-22-7-3-5-9-27(22)33-30(37)35(17-18-38-2)21-29(36)34(20-23-11-13-25(31)14-12-23)16-15-24-19-32-28-10-6-4-8-26(24)28/h3-14,19,32H,15-18,20-21H2,1-2H3,(H,33,37). The van der Waals surface area contributed by atoms with E-state index >= 15 is 0 Å². The lowest BCUT2D eigenvalue weighted by Gasteiger charge is -2.28. The van der Waals surface area contributed by atoms with Crippen LogP contribution >= 0.6 is 0 Å². The van der Waals surface area contributed by atoms with Crippen molar-refractivity contribution in [2.75, 3.05) is 38.7 Å². The molecule has 38 heavy (non-hydrogen) atoms. The number of carbonyl (C=O) groups is 2. The minimum Gasteiger partial charge on any atom is -0.383 e. The van der Waals surface area contributed by atoms with E-state index in [1.807, 2.05) is 55.6 Å². The fourth-order valence-electron chi connectivity index (χ4n) is 4.32. The number of hydrogen-bond acceptors (Lipinski definition) is 3. The van der Waals surface area contributed by atoms with E-state index in [1.165, 1.54) is 17.0 Å². The molecule has 1 aromatic heterocycles. The van der Waals surface area contributed by atoms with Gasteiger partial charge in [-0.05, 0) is 54.3 Å². The molecular weight excluding hydrogens is 483 g/mol. The number of halogens is 1. The number of aryl methyl sites for hydroxylation is 1. The van der Waals surface area contributed by atoms with Gasteiger partial charge in [-0.25, -0.2) is 9.18 Å². The maximum Gasteiger partial charge on any atom is 0.322 e. The Balaban J connectivity index is 1.51. The number of urea groups is 1. The molecule has 0 unspecified atom stereocenters. The highest BCUT2D eigenvalue weighted by atomic mass is 19.1. The minimum atomic E-state index is -0.372. The molecule has 0 aliphatic carbocycles. The molecule has 0 saturated heterocycles. The Morgan fingerprint density at radius 1 is 0.947 bits per heavy atom. The highest BCUT2D eigenvalue weighted by molar-refractivity contribution is 5.93. The summed E-state index contributed by atoms with van der Waals surface area (Å²) in [5.74, 6) is -0.533. The maximum absolute atomic E-state index is 13.6. The molecule has 0 spiro atoms. The zero-order valence-electron chi connectivity index (χ0n) is 21.7. The smallest absolute Gasteiger partial charge is 0.322 e. The number of ether oxygens (including phenoxy) is 1. The third kappa shape index (κ3) is 6.98. The van der Waals surface area contributed by atoms with Gasteiger partial charge < -0.3 is 24.8 Å². The van der Waals surface area contributed by atoms with Crippen LogP contribution in [0.1, 0.15) is 16.7 Å². The lowest BCUT2D eigenvalue weighted by molar-refractivity contribution is -0.132. The summed E-state index contributed by atoms with van der Waals surface area (Å²) in [7, 11) is 1.56. The zero-order chi connectivity index (χ0) is 26.9. The third-order valence-corrected chi connectivity index (χ3v) is 6.53. The summed E-state index contributed by atoms with van der Waals surface area (Å²) in [5.41, 5.74) is 4.57. The number of aromatic amines is 1. The fourth-order valence-corrected chi connectivity index (χ4v) is 4.32. The van der Waals surface area contributed by atoms with Crippen LogP contribution in [0.3, 0.4) is 0 Å². The van der Waals surface area contributed by atoms with E-state index in [4.69, 9.17) is 4.74 Å². The number of hydrogen-bond donors (Lipinski definition) is 2. The van der Waals surface area contributed by atoms with Crippen molar-refractivity contribution >= 4 is 28.5 Å². The van der Waals surface area contributed by atoms with Crippen molar-refractivity contribution in [1.82, 2.24) is 14.8 Å². The van der Waals surface area contributed by atoms with Gasteiger partial charge in [-0.2, -0.15) is 0 Å². The van der Waals surface area contributed by atoms with Gasteiger partial charge in [-0.15, -0.1) is 0 Å². The lowest BCUT2D eigenvalue weighted by atomic mass is 10.1. The molecule has 0 atom stereocenters. The summed E-state index contributed by atoms with van der Waals surface area (Å²) in [6.07, 6.45) is 2.59. The fraction of sp³-hybridized carbons (Fsp3) is 0.267. The largest absolute Gasteiger partial charge is 0.383 e. The SMILES string of the molecule is COCCN(CC(=O)N(CCc1c[nH]c2ccccc12)Cc1ccc(F)cc1)C(=O)Nc1ccccc1C. The number of anilines is 1. The molecule has 0 radical (unpaired) electrons. The van der Waals surface area contributed by atoms with Crippen molar-refractivity contribution in [3.63, 3.8) is 0 Å². The average molecular weight is 517 g/mol. The van der Waals surface area contributed by atoms with Gasteiger partial charge in [0.2, 0.25) is 5.91 Å². The molecule has 4 aromatic rings. The molecule has 2 N–H and O–H groups in total. The van der Waals surface area contributed by atoms with Gasteiger partial charge in [0.1, 0.15) is 12.4 Å². The van der Waals surface area contributed by atoms with E-state index in [0.717, 1.165) is 27.6 Å². The Hall–Kier alpha value is -4.17. The first-order valence-electron chi connectivity index (χ1n) is 12.6. The number of carbonyl (C=O) groups excluding carboxylic acids is 2. The summed E-state index contributed by atoms with van der Waals surface area (Å²) < 4.78 is 18.7. The number of rotatable bonds is 11. The van der Waals surface area contributed by atoms with Gasteiger partial charge in [0.25, 0.3) is 0 Å². The zero-order valence-corrected chi connectivity index (χ0v) is 21.7. The van der Waals surface area contributed by atoms with Crippen molar-refractivity contribution in [3.8, 4) is 0 Å². The number of nitrogens with one attached hydrogen (secondary N) is 2. The van der Waals surface area contributed by atoms with Gasteiger partial charge in [0, 0.05) is 49.5 Å². The van der Waals surface area contributed by atoms with Crippen molar-refractivity contribution in [2.24, 2.45) is 0 Å². The maximum atomic E-state index is 13.6. The average Bonchev–Trinajstić information content (AvgIpc) is 3.34. The number of fused-ring (bicyclic) bond motifs is 1. The predicted molar refractivity (Wildman–Crippen MR) is 147 cm³/mol. The number of nitrogens with zero attached hydrogens (tertiary/aromatic N) is 2. The van der Waals surface area contributed by atoms with Crippen LogP contribution in [0.15, 0.2) is 79.0 Å². The summed E-state index contributed by atoms with van der Waals surface area (Å²) in [6, 6.07) is 21.3. The molecule has 4 rings (SSSR count). The summed E-state index contributed by atoms with van der Waals surface area (Å²) in [4.78, 5) is 33.2. The summed E-state index contributed by atoms with van der Waals surface area (Å²) >= 11 is 0. The van der Waals surface area contributed by atoms with Gasteiger partial charge in [0.15, 0.2) is 0 Å². The Labute approximate surface area is 222 Å². The molecule has 3 aromatic carbocycles. The van der Waals surface area contributed by atoms with E-state index in [0.29, 0.717) is 31.8 Å².